The van der Waals surface area contributed by atoms with Gasteiger partial charge in [-0.25, -0.2) is 13.6 Å². The van der Waals surface area contributed by atoms with E-state index in [0.29, 0.717) is 11.3 Å². The van der Waals surface area contributed by atoms with Crippen LogP contribution in [-0.2, 0) is 17.9 Å². The quantitative estimate of drug-likeness (QED) is 0.467. The van der Waals surface area contributed by atoms with Crippen LogP contribution >= 0.6 is 0 Å². The summed E-state index contributed by atoms with van der Waals surface area (Å²) in [6, 6.07) is 18.3. The molecule has 3 aromatic rings. The average Bonchev–Trinajstić information content (AvgIpc) is 3.03. The van der Waals surface area contributed by atoms with Crippen LogP contribution in [-0.4, -0.2) is 16.8 Å². The third kappa shape index (κ3) is 4.61. The average molecular weight is 420 g/mol. The molecule has 0 bridgehead atoms. The molecule has 5 nitrogen and oxygen atoms in total. The number of hydrogen-bond donors (Lipinski definition) is 1. The fourth-order valence-corrected chi connectivity index (χ4v) is 3.14. The van der Waals surface area contributed by atoms with Crippen LogP contribution in [0.5, 0.6) is 5.75 Å². The van der Waals surface area contributed by atoms with Crippen molar-refractivity contribution in [2.75, 3.05) is 0 Å². The van der Waals surface area contributed by atoms with Crippen molar-refractivity contribution in [1.29, 1.82) is 0 Å². The van der Waals surface area contributed by atoms with Gasteiger partial charge in [0.15, 0.2) is 0 Å². The Bertz CT molecular complexity index is 1160. The zero-order valence-electron chi connectivity index (χ0n) is 16.3. The summed E-state index contributed by atoms with van der Waals surface area (Å²) in [5.41, 5.74) is 1.68. The molecule has 1 saturated heterocycles. The number of nitrogens with one attached hydrogen (secondary N) is 1. The van der Waals surface area contributed by atoms with Gasteiger partial charge in [0.2, 0.25) is 0 Å². The fraction of sp³-hybridized carbons (Fsp3) is 0.0833. The number of hydrogen-bond acceptors (Lipinski definition) is 3. The third-order valence-electron chi connectivity index (χ3n) is 4.78. The SMILES string of the molecule is O=C1N/C(=C/c2ccccc2OCc2ccc(F)cc2)C(=O)N1Cc1ccccc1F. The molecule has 156 valence electrons. The number of rotatable bonds is 6. The van der Waals surface area contributed by atoms with E-state index in [1.54, 1.807) is 48.5 Å². The Morgan fingerprint density at radius 2 is 1.61 bits per heavy atom. The smallest absolute Gasteiger partial charge is 0.329 e. The first kappa shape index (κ1) is 20.3. The predicted octanol–water partition coefficient (Wildman–Crippen LogP) is 4.64. The van der Waals surface area contributed by atoms with Crippen LogP contribution in [0.4, 0.5) is 13.6 Å². The number of benzene rings is 3. The van der Waals surface area contributed by atoms with E-state index < -0.39 is 17.8 Å². The molecule has 31 heavy (non-hydrogen) atoms. The van der Waals surface area contributed by atoms with Crippen molar-refractivity contribution in [2.24, 2.45) is 0 Å². The molecule has 3 amide bonds. The van der Waals surface area contributed by atoms with Crippen LogP contribution in [0.1, 0.15) is 16.7 Å². The number of urea groups is 1. The molecule has 0 spiro atoms. The highest BCUT2D eigenvalue weighted by Gasteiger charge is 2.34. The molecule has 0 aromatic heterocycles. The molecular formula is C24H18F2N2O3. The molecule has 0 atom stereocenters. The summed E-state index contributed by atoms with van der Waals surface area (Å²) < 4.78 is 32.8. The summed E-state index contributed by atoms with van der Waals surface area (Å²) in [5, 5.41) is 2.53. The Balaban J connectivity index is 1.52. The molecule has 1 aliphatic rings. The number of carbonyl (C=O) groups is 2. The van der Waals surface area contributed by atoms with Gasteiger partial charge in [-0.1, -0.05) is 48.5 Å². The second-order valence-corrected chi connectivity index (χ2v) is 6.92. The second-order valence-electron chi connectivity index (χ2n) is 6.92. The topological polar surface area (TPSA) is 58.6 Å². The lowest BCUT2D eigenvalue weighted by Gasteiger charge is -2.12. The van der Waals surface area contributed by atoms with Gasteiger partial charge in [0.05, 0.1) is 6.54 Å². The van der Waals surface area contributed by atoms with E-state index in [1.165, 1.54) is 30.3 Å². The lowest BCUT2D eigenvalue weighted by Crippen LogP contribution is -2.30. The van der Waals surface area contributed by atoms with Gasteiger partial charge >= 0.3 is 6.03 Å². The van der Waals surface area contributed by atoms with Crippen LogP contribution in [0, 0.1) is 11.6 Å². The number of ether oxygens (including phenoxy) is 1. The largest absolute Gasteiger partial charge is 0.488 e. The van der Waals surface area contributed by atoms with Crippen LogP contribution in [0.3, 0.4) is 0 Å². The highest BCUT2D eigenvalue weighted by atomic mass is 19.1. The summed E-state index contributed by atoms with van der Waals surface area (Å²) in [6.07, 6.45) is 1.52. The Morgan fingerprint density at radius 3 is 2.39 bits per heavy atom. The van der Waals surface area contributed by atoms with Crippen molar-refractivity contribution in [3.63, 3.8) is 0 Å². The number of amides is 3. The van der Waals surface area contributed by atoms with Crippen molar-refractivity contribution in [3.05, 3.63) is 107 Å². The first-order valence-electron chi connectivity index (χ1n) is 9.55. The van der Waals surface area contributed by atoms with E-state index in [2.05, 4.69) is 5.32 Å². The summed E-state index contributed by atoms with van der Waals surface area (Å²) >= 11 is 0. The molecule has 1 fully saturated rings. The highest BCUT2D eigenvalue weighted by Crippen LogP contribution is 2.24. The van der Waals surface area contributed by atoms with Crippen molar-refractivity contribution in [2.45, 2.75) is 13.2 Å². The highest BCUT2D eigenvalue weighted by molar-refractivity contribution is 6.14. The predicted molar refractivity (Wildman–Crippen MR) is 111 cm³/mol. The zero-order valence-corrected chi connectivity index (χ0v) is 16.3. The van der Waals surface area contributed by atoms with E-state index in [-0.39, 0.29) is 30.2 Å². The van der Waals surface area contributed by atoms with Gasteiger partial charge in [0.25, 0.3) is 5.91 Å². The van der Waals surface area contributed by atoms with Crippen LogP contribution in [0.25, 0.3) is 6.08 Å². The van der Waals surface area contributed by atoms with E-state index in [1.807, 2.05) is 0 Å². The summed E-state index contributed by atoms with van der Waals surface area (Å²) in [4.78, 5) is 26.0. The van der Waals surface area contributed by atoms with Crippen molar-refractivity contribution < 1.29 is 23.1 Å². The lowest BCUT2D eigenvalue weighted by molar-refractivity contribution is -0.123. The van der Waals surface area contributed by atoms with E-state index >= 15 is 0 Å². The minimum Gasteiger partial charge on any atom is -0.488 e. The van der Waals surface area contributed by atoms with Gasteiger partial charge in [-0.2, -0.15) is 0 Å². The number of nitrogens with zero attached hydrogens (tertiary/aromatic N) is 1. The number of imide groups is 1. The van der Waals surface area contributed by atoms with Gasteiger partial charge in [-0.05, 0) is 35.9 Å². The normalized spacial score (nSPS) is 14.8. The standard InChI is InChI=1S/C24H18F2N2O3/c25-19-11-9-16(10-12-19)15-31-22-8-4-2-5-17(22)13-21-23(29)28(24(30)27-21)14-18-6-1-3-7-20(18)26/h1-13H,14-15H2,(H,27,30)/b21-13+. The molecule has 7 heteroatoms. The minimum absolute atomic E-state index is 0.0687. The maximum atomic E-state index is 13.9. The number of carbonyl (C=O) groups excluding carboxylic acids is 2. The Kier molecular flexibility index (Phi) is 5.75. The second kappa shape index (κ2) is 8.79. The van der Waals surface area contributed by atoms with Crippen LogP contribution in [0.2, 0.25) is 0 Å². The Labute approximate surface area is 177 Å². The lowest BCUT2D eigenvalue weighted by atomic mass is 10.1. The first-order chi connectivity index (χ1) is 15.0. The molecule has 1 aliphatic heterocycles. The molecule has 4 rings (SSSR count). The van der Waals surface area contributed by atoms with Crippen molar-refractivity contribution in [1.82, 2.24) is 10.2 Å². The van der Waals surface area contributed by atoms with E-state index in [9.17, 15) is 18.4 Å². The minimum atomic E-state index is -0.621. The zero-order chi connectivity index (χ0) is 21.8. The molecular weight excluding hydrogens is 402 g/mol. The Morgan fingerprint density at radius 1 is 0.903 bits per heavy atom. The van der Waals surface area contributed by atoms with Gasteiger partial charge in [-0.15, -0.1) is 0 Å². The number of halogens is 2. The molecule has 0 saturated carbocycles. The molecule has 1 heterocycles. The van der Waals surface area contributed by atoms with Gasteiger partial charge in [-0.3, -0.25) is 9.69 Å². The number of para-hydroxylation sites is 1. The molecule has 3 aromatic carbocycles. The summed E-state index contributed by atoms with van der Waals surface area (Å²) in [6.45, 7) is 0.0393. The summed E-state index contributed by atoms with van der Waals surface area (Å²) in [7, 11) is 0. The van der Waals surface area contributed by atoms with Crippen LogP contribution < -0.4 is 10.1 Å². The van der Waals surface area contributed by atoms with Crippen LogP contribution in [0.15, 0.2) is 78.5 Å². The third-order valence-corrected chi connectivity index (χ3v) is 4.78. The van der Waals surface area contributed by atoms with E-state index in [0.717, 1.165) is 10.5 Å². The molecule has 0 radical (unpaired) electrons. The van der Waals surface area contributed by atoms with Gasteiger partial charge < -0.3 is 10.1 Å². The van der Waals surface area contributed by atoms with Crippen molar-refractivity contribution >= 4 is 18.0 Å². The molecule has 0 aliphatic carbocycles. The monoisotopic (exact) mass is 420 g/mol. The fourth-order valence-electron chi connectivity index (χ4n) is 3.14. The maximum absolute atomic E-state index is 13.9. The maximum Gasteiger partial charge on any atom is 0.329 e. The molecule has 0 unspecified atom stereocenters. The Hall–Kier alpha value is -4.00. The van der Waals surface area contributed by atoms with Crippen molar-refractivity contribution in [3.8, 4) is 5.75 Å². The van der Waals surface area contributed by atoms with Gasteiger partial charge in [0, 0.05) is 11.1 Å². The van der Waals surface area contributed by atoms with E-state index in [4.69, 9.17) is 4.74 Å². The molecule has 1 N–H and O–H groups in total. The first-order valence-corrected chi connectivity index (χ1v) is 9.55. The van der Waals surface area contributed by atoms with Gasteiger partial charge in [0.1, 0.15) is 29.7 Å². The summed E-state index contributed by atoms with van der Waals surface area (Å²) in [5.74, 6) is -0.875.